The lowest BCUT2D eigenvalue weighted by Crippen LogP contribution is -2.38. The number of ether oxygens (including phenoxy) is 1. The van der Waals surface area contributed by atoms with Crippen molar-refractivity contribution in [3.05, 3.63) is 22.9 Å². The smallest absolute Gasteiger partial charge is 0.256 e. The Bertz CT molecular complexity index is 717. The van der Waals surface area contributed by atoms with Crippen LogP contribution in [0.1, 0.15) is 47.8 Å². The first kappa shape index (κ1) is 16.7. The van der Waals surface area contributed by atoms with Gasteiger partial charge in [-0.1, -0.05) is 6.92 Å². The molecule has 3 aliphatic rings. The second kappa shape index (κ2) is 5.62. The molecule has 2 aliphatic heterocycles. The highest BCUT2D eigenvalue weighted by molar-refractivity contribution is 5.98. The monoisotopic (exact) mass is 351 g/mol. The van der Waals surface area contributed by atoms with Gasteiger partial charge in [-0.15, -0.1) is 0 Å². The highest BCUT2D eigenvalue weighted by atomic mass is 19.3. The number of anilines is 1. The molecule has 1 aromatic heterocycles. The summed E-state index contributed by atoms with van der Waals surface area (Å²) < 4.78 is 32.3. The molecule has 0 radical (unpaired) electrons. The molecule has 0 spiro atoms. The molecule has 0 aromatic carbocycles. The number of aromatic nitrogens is 1. The van der Waals surface area contributed by atoms with E-state index in [0.29, 0.717) is 12.1 Å². The third-order valence-electron chi connectivity index (χ3n) is 5.68. The van der Waals surface area contributed by atoms with Crippen LogP contribution in [0.25, 0.3) is 0 Å². The molecule has 1 unspecified atom stereocenters. The summed E-state index contributed by atoms with van der Waals surface area (Å²) in [6, 6.07) is 1.90. The van der Waals surface area contributed by atoms with Crippen LogP contribution >= 0.6 is 0 Å². The number of nitrogens with zero attached hydrogens (tertiary/aromatic N) is 2. The summed E-state index contributed by atoms with van der Waals surface area (Å²) in [5.41, 5.74) is 1.48. The maximum absolute atomic E-state index is 13.3. The van der Waals surface area contributed by atoms with E-state index >= 15 is 0 Å². The minimum absolute atomic E-state index is 0.0300. The van der Waals surface area contributed by atoms with E-state index in [1.165, 1.54) is 0 Å². The van der Waals surface area contributed by atoms with Gasteiger partial charge in [-0.3, -0.25) is 4.79 Å². The van der Waals surface area contributed by atoms with Gasteiger partial charge in [0.25, 0.3) is 11.8 Å². The van der Waals surface area contributed by atoms with E-state index in [1.807, 2.05) is 13.0 Å². The molecule has 1 saturated carbocycles. The molecular weight excluding hydrogens is 328 g/mol. The number of alkyl halides is 2. The first-order valence-corrected chi connectivity index (χ1v) is 8.82. The number of pyridine rings is 1. The molecule has 7 heteroatoms. The summed E-state index contributed by atoms with van der Waals surface area (Å²) >= 11 is 0. The maximum atomic E-state index is 13.3. The Morgan fingerprint density at radius 3 is 2.72 bits per heavy atom. The number of hydrogen-bond acceptors (Lipinski definition) is 4. The van der Waals surface area contributed by atoms with Crippen LogP contribution in [0.5, 0.6) is 0 Å². The number of amides is 1. The molecule has 1 aliphatic carbocycles. The molecule has 1 saturated heterocycles. The lowest BCUT2D eigenvalue weighted by atomic mass is 10.1. The van der Waals surface area contributed by atoms with Crippen molar-refractivity contribution >= 4 is 11.7 Å². The third-order valence-corrected chi connectivity index (χ3v) is 5.68. The average molecular weight is 351 g/mol. The van der Waals surface area contributed by atoms with E-state index in [2.05, 4.69) is 15.2 Å². The summed E-state index contributed by atoms with van der Waals surface area (Å²) in [7, 11) is 0. The zero-order chi connectivity index (χ0) is 17.8. The van der Waals surface area contributed by atoms with E-state index < -0.39 is 11.3 Å². The van der Waals surface area contributed by atoms with Crippen molar-refractivity contribution in [2.75, 3.05) is 24.6 Å². The van der Waals surface area contributed by atoms with Crippen LogP contribution < -0.4 is 10.2 Å². The molecule has 5 nitrogen and oxygen atoms in total. The van der Waals surface area contributed by atoms with Gasteiger partial charge in [0, 0.05) is 19.5 Å². The second-order valence-corrected chi connectivity index (χ2v) is 7.75. The number of piperidine rings is 1. The zero-order valence-electron chi connectivity index (χ0n) is 14.6. The number of rotatable bonds is 4. The predicted molar refractivity (Wildman–Crippen MR) is 89.0 cm³/mol. The van der Waals surface area contributed by atoms with Crippen LogP contribution in [0.15, 0.2) is 6.07 Å². The molecule has 136 valence electrons. The lowest BCUT2D eigenvalue weighted by Gasteiger charge is -2.34. The van der Waals surface area contributed by atoms with Crippen molar-refractivity contribution in [2.24, 2.45) is 5.41 Å². The zero-order valence-corrected chi connectivity index (χ0v) is 14.6. The largest absolute Gasteiger partial charge is 0.377 e. The van der Waals surface area contributed by atoms with E-state index in [4.69, 9.17) is 4.74 Å². The fourth-order valence-corrected chi connectivity index (χ4v) is 3.69. The van der Waals surface area contributed by atoms with Gasteiger partial charge in [0.2, 0.25) is 0 Å². The van der Waals surface area contributed by atoms with Crippen LogP contribution in [0, 0.1) is 12.3 Å². The first-order chi connectivity index (χ1) is 11.8. The topological polar surface area (TPSA) is 54.5 Å². The van der Waals surface area contributed by atoms with Crippen molar-refractivity contribution in [3.8, 4) is 0 Å². The van der Waals surface area contributed by atoms with Gasteiger partial charge in [-0.2, -0.15) is 0 Å². The molecule has 1 amide bonds. The molecule has 0 bridgehead atoms. The number of fused-ring (bicyclic) bond motifs is 1. The SMILES string of the molecule is Cc1cc2c(nc1N1CCC(OCC3(C)CC3(F)F)CC1)CNC2=O. The molecule has 1 atom stereocenters. The molecule has 3 heterocycles. The van der Waals surface area contributed by atoms with Gasteiger partial charge in [-0.25, -0.2) is 13.8 Å². The Labute approximate surface area is 145 Å². The molecule has 25 heavy (non-hydrogen) atoms. The van der Waals surface area contributed by atoms with E-state index in [9.17, 15) is 13.6 Å². The van der Waals surface area contributed by atoms with Crippen LogP contribution in [-0.4, -0.2) is 42.6 Å². The standard InChI is InChI=1S/C18H23F2N3O2/c1-11-7-13-14(8-21-16(13)24)22-15(11)23-5-3-12(4-6-23)25-10-17(2)9-18(17,19)20/h7,12H,3-6,8-10H2,1-2H3,(H,21,24). The Morgan fingerprint density at radius 1 is 1.40 bits per heavy atom. The Morgan fingerprint density at radius 2 is 2.08 bits per heavy atom. The van der Waals surface area contributed by atoms with Crippen LogP contribution in [0.4, 0.5) is 14.6 Å². The van der Waals surface area contributed by atoms with Crippen molar-refractivity contribution in [3.63, 3.8) is 0 Å². The predicted octanol–water partition coefficient (Wildman–Crippen LogP) is 2.66. The van der Waals surface area contributed by atoms with Crippen molar-refractivity contribution in [1.82, 2.24) is 10.3 Å². The van der Waals surface area contributed by atoms with Crippen molar-refractivity contribution in [1.29, 1.82) is 0 Å². The van der Waals surface area contributed by atoms with Crippen LogP contribution in [-0.2, 0) is 11.3 Å². The minimum Gasteiger partial charge on any atom is -0.377 e. The Balaban J connectivity index is 1.36. The summed E-state index contributed by atoms with van der Waals surface area (Å²) in [5, 5.41) is 2.79. The van der Waals surface area contributed by atoms with Gasteiger partial charge in [0.05, 0.1) is 35.9 Å². The maximum Gasteiger partial charge on any atom is 0.256 e. The summed E-state index contributed by atoms with van der Waals surface area (Å²) in [6.07, 6.45) is 1.57. The van der Waals surface area contributed by atoms with Crippen LogP contribution in [0.2, 0.25) is 0 Å². The molecule has 1 N–H and O–H groups in total. The van der Waals surface area contributed by atoms with E-state index in [0.717, 1.165) is 43.0 Å². The number of nitrogens with one attached hydrogen (secondary N) is 1. The average Bonchev–Trinajstić information content (AvgIpc) is 2.89. The van der Waals surface area contributed by atoms with Crippen molar-refractivity contribution < 1.29 is 18.3 Å². The quantitative estimate of drug-likeness (QED) is 0.906. The summed E-state index contributed by atoms with van der Waals surface area (Å²) in [4.78, 5) is 18.6. The van der Waals surface area contributed by atoms with E-state index in [-0.39, 0.29) is 25.0 Å². The Hall–Kier alpha value is -1.76. The number of aryl methyl sites for hydroxylation is 1. The van der Waals surface area contributed by atoms with Crippen LogP contribution in [0.3, 0.4) is 0 Å². The van der Waals surface area contributed by atoms with Gasteiger partial charge < -0.3 is 15.0 Å². The highest BCUT2D eigenvalue weighted by Gasteiger charge is 2.68. The first-order valence-electron chi connectivity index (χ1n) is 8.82. The molecule has 4 rings (SSSR count). The van der Waals surface area contributed by atoms with Crippen molar-refractivity contribution in [2.45, 2.75) is 51.7 Å². The molecular formula is C18H23F2N3O2. The van der Waals surface area contributed by atoms with E-state index in [1.54, 1.807) is 6.92 Å². The molecule has 2 fully saturated rings. The van der Waals surface area contributed by atoms with Gasteiger partial charge in [0.1, 0.15) is 5.82 Å². The van der Waals surface area contributed by atoms with Gasteiger partial charge in [0.15, 0.2) is 0 Å². The fourth-order valence-electron chi connectivity index (χ4n) is 3.69. The number of halogens is 2. The minimum atomic E-state index is -2.56. The number of carbonyl (C=O) groups is 1. The fraction of sp³-hybridized carbons (Fsp3) is 0.667. The normalized spacial score (nSPS) is 28.0. The second-order valence-electron chi connectivity index (χ2n) is 7.75. The summed E-state index contributed by atoms with van der Waals surface area (Å²) in [5.74, 6) is -1.71. The van der Waals surface area contributed by atoms with Gasteiger partial charge in [-0.05, 0) is 31.4 Å². The third kappa shape index (κ3) is 2.88. The number of carbonyl (C=O) groups excluding carboxylic acids is 1. The lowest BCUT2D eigenvalue weighted by molar-refractivity contribution is -0.0245. The Kier molecular flexibility index (Phi) is 3.76. The van der Waals surface area contributed by atoms with Gasteiger partial charge >= 0.3 is 0 Å². The summed E-state index contributed by atoms with van der Waals surface area (Å²) in [6.45, 7) is 5.74. The highest BCUT2D eigenvalue weighted by Crippen LogP contribution is 2.60. The number of hydrogen-bond donors (Lipinski definition) is 1. The molecule has 1 aromatic rings.